The van der Waals surface area contributed by atoms with Crippen LogP contribution in [0.5, 0.6) is 0 Å². The van der Waals surface area contributed by atoms with Gasteiger partial charge in [0.2, 0.25) is 5.91 Å². The number of methoxy groups -OCH3 is 1. The van der Waals surface area contributed by atoms with Crippen LogP contribution in [0.1, 0.15) is 55.6 Å². The Kier molecular flexibility index (Phi) is 7.09. The molecule has 5 rings (SSSR count). The normalized spacial score (nSPS) is 25.2. The predicted octanol–water partition coefficient (Wildman–Crippen LogP) is 7.04. The van der Waals surface area contributed by atoms with Gasteiger partial charge in [0.05, 0.1) is 34.6 Å². The Morgan fingerprint density at radius 2 is 1.67 bits per heavy atom. The first-order valence-electron chi connectivity index (χ1n) is 11.5. The van der Waals surface area contributed by atoms with Crippen molar-refractivity contribution in [1.29, 1.82) is 0 Å². The summed E-state index contributed by atoms with van der Waals surface area (Å²) in [5.41, 5.74) is 0.542. The van der Waals surface area contributed by atoms with Gasteiger partial charge in [0.1, 0.15) is 0 Å². The van der Waals surface area contributed by atoms with Crippen LogP contribution in [0.3, 0.4) is 0 Å². The van der Waals surface area contributed by atoms with Crippen molar-refractivity contribution in [3.05, 3.63) is 63.6 Å². The number of halogens is 5. The minimum atomic E-state index is -4.62. The zero-order valence-electron chi connectivity index (χ0n) is 19.7. The Morgan fingerprint density at radius 3 is 2.19 bits per heavy atom. The summed E-state index contributed by atoms with van der Waals surface area (Å²) in [6, 6.07) is 10.5. The Bertz CT molecular complexity index is 1150. The van der Waals surface area contributed by atoms with E-state index in [1.165, 1.54) is 30.3 Å². The Morgan fingerprint density at radius 1 is 1.08 bits per heavy atom. The highest BCUT2D eigenvalue weighted by Crippen LogP contribution is 2.74. The second-order valence-electron chi connectivity index (χ2n) is 10.0. The molecule has 2 N–H and O–H groups in total. The molecule has 0 saturated heterocycles. The molecule has 0 radical (unpaired) electrons. The number of nitrogens with one attached hydrogen (secondary N) is 1. The van der Waals surface area contributed by atoms with Gasteiger partial charge >= 0.3 is 12.1 Å². The minimum Gasteiger partial charge on any atom is -0.481 e. The summed E-state index contributed by atoms with van der Waals surface area (Å²) in [6.07, 6.45) is -2.53. The fourth-order valence-electron chi connectivity index (χ4n) is 5.81. The van der Waals surface area contributed by atoms with Gasteiger partial charge in [-0.2, -0.15) is 13.2 Å². The van der Waals surface area contributed by atoms with Gasteiger partial charge in [-0.25, -0.2) is 0 Å². The summed E-state index contributed by atoms with van der Waals surface area (Å²) >= 11 is 12.2. The van der Waals surface area contributed by atoms with Crippen LogP contribution in [-0.2, 0) is 14.3 Å². The van der Waals surface area contributed by atoms with Gasteiger partial charge in [0, 0.05) is 18.1 Å². The number of alkyl halides is 3. The van der Waals surface area contributed by atoms with Gasteiger partial charge in [0.25, 0.3) is 0 Å². The monoisotopic (exact) mass is 543 g/mol. The number of aliphatic carboxylic acids is 1. The topological polar surface area (TPSA) is 75.6 Å². The van der Waals surface area contributed by atoms with E-state index in [1.807, 2.05) is 0 Å². The van der Waals surface area contributed by atoms with Crippen molar-refractivity contribution in [2.45, 2.75) is 56.2 Å². The Labute approximate surface area is 216 Å². The SMILES string of the molecule is COC12CC([C@H](CC(=O)O)c3ccc(Cl)c(NC(=O)[C@H](c4ccc(Cl)cc4)[C@@H](C)C(F)(F)F)c3)(C1)C2. The van der Waals surface area contributed by atoms with Crippen LogP contribution in [0.25, 0.3) is 0 Å². The zero-order valence-corrected chi connectivity index (χ0v) is 21.2. The van der Waals surface area contributed by atoms with E-state index in [0.29, 0.717) is 10.6 Å². The second-order valence-corrected chi connectivity index (χ2v) is 10.9. The van der Waals surface area contributed by atoms with E-state index in [4.69, 9.17) is 27.9 Å². The molecule has 0 aliphatic heterocycles. The van der Waals surface area contributed by atoms with Gasteiger partial charge in [0.15, 0.2) is 0 Å². The van der Waals surface area contributed by atoms with Gasteiger partial charge < -0.3 is 15.2 Å². The van der Waals surface area contributed by atoms with Crippen molar-refractivity contribution in [3.8, 4) is 0 Å². The molecule has 1 amide bonds. The number of anilines is 1. The maximum atomic E-state index is 13.7. The van der Waals surface area contributed by atoms with Crippen molar-refractivity contribution < 1.29 is 32.6 Å². The molecule has 5 nitrogen and oxygen atoms in total. The molecule has 3 atom stereocenters. The standard InChI is InChI=1S/C26H26Cl2F3NO4/c1-14(26(29,30)31)22(15-3-6-17(27)7-4-15)23(35)32-20-9-16(5-8-19(20)28)18(10-21(33)34)24-11-25(12-24,13-24)36-2/h3-9,14,18,22H,10-13H2,1-2H3,(H,32,35)(H,33,34)/t14-,18-,22+,24?,25?/m1/s1. The van der Waals surface area contributed by atoms with Gasteiger partial charge in [-0.15, -0.1) is 0 Å². The Balaban J connectivity index is 1.63. The minimum absolute atomic E-state index is 0.118. The maximum absolute atomic E-state index is 13.7. The number of carboxylic acids is 1. The number of ether oxygens (including phenoxy) is 1. The lowest BCUT2D eigenvalue weighted by molar-refractivity contribution is -0.284. The van der Waals surface area contributed by atoms with Crippen LogP contribution in [0.15, 0.2) is 42.5 Å². The fraction of sp³-hybridized carbons (Fsp3) is 0.462. The third-order valence-corrected chi connectivity index (χ3v) is 8.33. The van der Waals surface area contributed by atoms with E-state index >= 15 is 0 Å². The highest BCUT2D eigenvalue weighted by Gasteiger charge is 2.71. The van der Waals surface area contributed by atoms with Crippen LogP contribution >= 0.6 is 23.2 Å². The summed E-state index contributed by atoms with van der Waals surface area (Å²) in [6.45, 7) is 0.953. The zero-order chi connectivity index (χ0) is 26.5. The molecule has 2 aromatic carbocycles. The van der Waals surface area contributed by atoms with Crippen molar-refractivity contribution in [2.24, 2.45) is 11.3 Å². The second kappa shape index (κ2) is 9.54. The molecule has 0 aromatic heterocycles. The third-order valence-electron chi connectivity index (χ3n) is 7.75. The molecule has 3 aliphatic carbocycles. The average Bonchev–Trinajstić information content (AvgIpc) is 2.73. The number of benzene rings is 2. The van der Waals surface area contributed by atoms with Gasteiger partial charge in [-0.1, -0.05) is 48.3 Å². The first-order chi connectivity index (χ1) is 16.8. The van der Waals surface area contributed by atoms with E-state index < -0.39 is 29.9 Å². The molecule has 3 fully saturated rings. The molecule has 2 bridgehead atoms. The van der Waals surface area contributed by atoms with E-state index in [9.17, 15) is 27.9 Å². The molecule has 3 aliphatic rings. The molecule has 194 valence electrons. The molecular weight excluding hydrogens is 518 g/mol. The molecule has 0 unspecified atom stereocenters. The largest absolute Gasteiger partial charge is 0.481 e. The summed E-state index contributed by atoms with van der Waals surface area (Å²) < 4.78 is 46.6. The lowest BCUT2D eigenvalue weighted by Gasteiger charge is -2.72. The van der Waals surface area contributed by atoms with Gasteiger partial charge in [-0.05, 0) is 60.1 Å². The highest BCUT2D eigenvalue weighted by atomic mass is 35.5. The smallest absolute Gasteiger partial charge is 0.392 e. The first-order valence-corrected chi connectivity index (χ1v) is 12.2. The van der Waals surface area contributed by atoms with E-state index in [2.05, 4.69) is 5.32 Å². The quantitative estimate of drug-likeness (QED) is 0.355. The molecule has 2 aromatic rings. The van der Waals surface area contributed by atoms with E-state index in [-0.39, 0.29) is 39.6 Å². The number of hydrogen-bond donors (Lipinski definition) is 2. The summed E-state index contributed by atoms with van der Waals surface area (Å²) in [4.78, 5) is 24.9. The summed E-state index contributed by atoms with van der Waals surface area (Å²) in [7, 11) is 1.64. The van der Waals surface area contributed by atoms with Crippen LogP contribution in [0.4, 0.5) is 18.9 Å². The van der Waals surface area contributed by atoms with E-state index in [0.717, 1.165) is 26.2 Å². The van der Waals surface area contributed by atoms with Crippen LogP contribution in [-0.4, -0.2) is 35.9 Å². The molecule has 0 spiro atoms. The van der Waals surface area contributed by atoms with Crippen LogP contribution in [0, 0.1) is 11.3 Å². The molecular formula is C26H26Cl2F3NO4. The van der Waals surface area contributed by atoms with E-state index in [1.54, 1.807) is 19.2 Å². The number of carboxylic acid groups (broad SMARTS) is 1. The van der Waals surface area contributed by atoms with Crippen molar-refractivity contribution >= 4 is 40.8 Å². The summed E-state index contributed by atoms with van der Waals surface area (Å²) in [5, 5.41) is 12.6. The third kappa shape index (κ3) is 4.95. The maximum Gasteiger partial charge on any atom is 0.392 e. The number of carbonyl (C=O) groups is 2. The number of rotatable bonds is 9. The number of carbonyl (C=O) groups excluding carboxylic acids is 1. The summed E-state index contributed by atoms with van der Waals surface area (Å²) in [5.74, 6) is -5.71. The highest BCUT2D eigenvalue weighted by molar-refractivity contribution is 6.33. The number of amides is 1. The van der Waals surface area contributed by atoms with Crippen LogP contribution < -0.4 is 5.32 Å². The van der Waals surface area contributed by atoms with Crippen molar-refractivity contribution in [1.82, 2.24) is 0 Å². The van der Waals surface area contributed by atoms with Crippen molar-refractivity contribution in [3.63, 3.8) is 0 Å². The number of hydrogen-bond acceptors (Lipinski definition) is 3. The average molecular weight is 544 g/mol. The lowest BCUT2D eigenvalue weighted by Crippen LogP contribution is -2.70. The van der Waals surface area contributed by atoms with Crippen molar-refractivity contribution in [2.75, 3.05) is 12.4 Å². The van der Waals surface area contributed by atoms with Crippen LogP contribution in [0.2, 0.25) is 10.0 Å². The molecule has 10 heteroatoms. The molecule has 3 saturated carbocycles. The first kappa shape index (κ1) is 26.8. The molecule has 36 heavy (non-hydrogen) atoms. The Hall–Kier alpha value is -2.29. The predicted molar refractivity (Wildman–Crippen MR) is 131 cm³/mol. The fourth-order valence-corrected chi connectivity index (χ4v) is 6.10. The molecule has 0 heterocycles. The van der Waals surface area contributed by atoms with Gasteiger partial charge in [-0.3, -0.25) is 9.59 Å². The lowest BCUT2D eigenvalue weighted by atomic mass is 9.36.